The Hall–Kier alpha value is -3.99. The van der Waals surface area contributed by atoms with Crippen LogP contribution in [0.1, 0.15) is 36.5 Å². The van der Waals surface area contributed by atoms with Crippen molar-refractivity contribution in [2.24, 2.45) is 0 Å². The molecule has 1 atom stereocenters. The molecule has 0 aliphatic carbocycles. The summed E-state index contributed by atoms with van der Waals surface area (Å²) >= 11 is 0. The number of anilines is 2. The average Bonchev–Trinajstić information content (AvgIpc) is 3.59. The number of hydrogen-bond donors (Lipinski definition) is 3. The number of imidazole rings is 1. The smallest absolute Gasteiger partial charge is 0.144 e. The van der Waals surface area contributed by atoms with Crippen molar-refractivity contribution >= 4 is 22.3 Å². The summed E-state index contributed by atoms with van der Waals surface area (Å²) in [5.74, 6) is 0.951. The summed E-state index contributed by atoms with van der Waals surface area (Å²) in [7, 11) is 0. The van der Waals surface area contributed by atoms with Crippen LogP contribution >= 0.6 is 0 Å². The van der Waals surface area contributed by atoms with Crippen molar-refractivity contribution in [1.82, 2.24) is 14.5 Å². The van der Waals surface area contributed by atoms with Crippen LogP contribution in [0.15, 0.2) is 79.3 Å². The van der Waals surface area contributed by atoms with E-state index in [4.69, 9.17) is 4.98 Å². The van der Waals surface area contributed by atoms with Gasteiger partial charge in [0.1, 0.15) is 11.5 Å². The third-order valence-corrected chi connectivity index (χ3v) is 7.14. The number of aryl methyl sites for hydroxylation is 2. The molecule has 0 amide bonds. The number of hydrogen-bond acceptors (Lipinski definition) is 3. The van der Waals surface area contributed by atoms with E-state index in [0.29, 0.717) is 0 Å². The molecular weight excluding hydrogens is 430 g/mol. The van der Waals surface area contributed by atoms with E-state index in [1.165, 1.54) is 33.3 Å². The molecule has 176 valence electrons. The Morgan fingerprint density at radius 3 is 2.66 bits per heavy atom. The number of nitrogens with one attached hydrogen (secondary N) is 3. The first kappa shape index (κ1) is 21.5. The summed E-state index contributed by atoms with van der Waals surface area (Å²) in [6.07, 6.45) is 8.95. The van der Waals surface area contributed by atoms with E-state index in [-0.39, 0.29) is 5.66 Å². The number of aromatic amines is 1. The van der Waals surface area contributed by atoms with Crippen LogP contribution < -0.4 is 10.6 Å². The molecule has 1 aliphatic rings. The van der Waals surface area contributed by atoms with Gasteiger partial charge in [-0.3, -0.25) is 4.57 Å². The summed E-state index contributed by atoms with van der Waals surface area (Å²) in [4.78, 5) is 8.08. The lowest BCUT2D eigenvalue weighted by Gasteiger charge is -2.31. The molecule has 0 radical (unpaired) electrons. The first-order valence-electron chi connectivity index (χ1n) is 12.4. The van der Waals surface area contributed by atoms with Gasteiger partial charge in [0.2, 0.25) is 0 Å². The predicted molar refractivity (Wildman–Crippen MR) is 145 cm³/mol. The number of aromatic nitrogens is 3. The second kappa shape index (κ2) is 8.35. The van der Waals surface area contributed by atoms with Gasteiger partial charge in [0.05, 0.1) is 11.4 Å². The van der Waals surface area contributed by atoms with Crippen molar-refractivity contribution in [2.75, 3.05) is 10.6 Å². The van der Waals surface area contributed by atoms with Crippen LogP contribution in [0.5, 0.6) is 0 Å². The zero-order chi connectivity index (χ0) is 24.0. The number of benzene rings is 3. The monoisotopic (exact) mass is 461 g/mol. The van der Waals surface area contributed by atoms with Crippen LogP contribution in [-0.2, 0) is 6.42 Å². The molecule has 3 heterocycles. The molecule has 1 unspecified atom stereocenters. The summed E-state index contributed by atoms with van der Waals surface area (Å²) in [5, 5.41) is 9.10. The molecule has 0 saturated heterocycles. The van der Waals surface area contributed by atoms with Gasteiger partial charge in [0, 0.05) is 47.2 Å². The summed E-state index contributed by atoms with van der Waals surface area (Å²) in [6.45, 7) is 6.55. The molecule has 3 N–H and O–H groups in total. The maximum absolute atomic E-state index is 4.73. The molecule has 1 aliphatic heterocycles. The number of H-pyrrole nitrogens is 1. The molecule has 35 heavy (non-hydrogen) atoms. The fourth-order valence-electron chi connectivity index (χ4n) is 5.50. The van der Waals surface area contributed by atoms with Crippen LogP contribution in [0.2, 0.25) is 0 Å². The van der Waals surface area contributed by atoms with Crippen LogP contribution in [0.25, 0.3) is 28.0 Å². The van der Waals surface area contributed by atoms with Gasteiger partial charge in [0.25, 0.3) is 0 Å². The number of nitrogens with zero attached hydrogens (tertiary/aromatic N) is 2. The first-order valence-corrected chi connectivity index (χ1v) is 12.4. The van der Waals surface area contributed by atoms with Gasteiger partial charge in [-0.1, -0.05) is 43.2 Å². The van der Waals surface area contributed by atoms with Gasteiger partial charge in [-0.05, 0) is 67.8 Å². The van der Waals surface area contributed by atoms with Crippen LogP contribution in [0, 0.1) is 13.8 Å². The SMILES string of the molecule is CCCC1(Cc2cccc3[nH]ccc23)Nc2cc(-c3nccn3-c3ccc(C)cc3)cc(C)c2N1. The van der Waals surface area contributed by atoms with E-state index in [9.17, 15) is 0 Å². The van der Waals surface area contributed by atoms with Gasteiger partial charge in [0.15, 0.2) is 0 Å². The van der Waals surface area contributed by atoms with E-state index in [0.717, 1.165) is 42.0 Å². The van der Waals surface area contributed by atoms with Crippen LogP contribution in [-0.4, -0.2) is 20.2 Å². The highest BCUT2D eigenvalue weighted by Crippen LogP contribution is 2.43. The summed E-state index contributed by atoms with van der Waals surface area (Å²) in [5.41, 5.74) is 9.35. The minimum atomic E-state index is -0.224. The van der Waals surface area contributed by atoms with Crippen molar-refractivity contribution in [2.45, 2.75) is 45.7 Å². The molecule has 3 aromatic carbocycles. The van der Waals surface area contributed by atoms with Crippen molar-refractivity contribution in [3.63, 3.8) is 0 Å². The molecule has 5 nitrogen and oxygen atoms in total. The van der Waals surface area contributed by atoms with Crippen LogP contribution in [0.4, 0.5) is 11.4 Å². The summed E-state index contributed by atoms with van der Waals surface area (Å²) < 4.78 is 2.16. The second-order valence-electron chi connectivity index (χ2n) is 9.79. The largest absolute Gasteiger partial charge is 0.361 e. The van der Waals surface area contributed by atoms with Crippen molar-refractivity contribution in [3.05, 3.63) is 95.9 Å². The maximum atomic E-state index is 4.73. The number of fused-ring (bicyclic) bond motifs is 2. The minimum Gasteiger partial charge on any atom is -0.361 e. The molecule has 0 saturated carbocycles. The highest BCUT2D eigenvalue weighted by molar-refractivity contribution is 5.86. The fourth-order valence-corrected chi connectivity index (χ4v) is 5.50. The molecule has 5 heteroatoms. The van der Waals surface area contributed by atoms with Crippen molar-refractivity contribution < 1.29 is 0 Å². The second-order valence-corrected chi connectivity index (χ2v) is 9.79. The van der Waals surface area contributed by atoms with Gasteiger partial charge in [-0.25, -0.2) is 4.98 Å². The van der Waals surface area contributed by atoms with Crippen molar-refractivity contribution in [3.8, 4) is 17.1 Å². The zero-order valence-electron chi connectivity index (χ0n) is 20.5. The standard InChI is InChI=1S/C30H31N5/c1-4-13-30(19-22-6-5-7-26-25(22)12-14-31-26)33-27-18-23(17-21(3)28(27)34-30)29-32-15-16-35(29)24-10-8-20(2)9-11-24/h5-12,14-18,31,33-34H,4,13,19H2,1-3H3. The Morgan fingerprint density at radius 1 is 0.971 bits per heavy atom. The highest BCUT2D eigenvalue weighted by atomic mass is 15.3. The lowest BCUT2D eigenvalue weighted by Crippen LogP contribution is -2.44. The highest BCUT2D eigenvalue weighted by Gasteiger charge is 2.37. The van der Waals surface area contributed by atoms with E-state index in [2.05, 4.69) is 102 Å². The summed E-state index contributed by atoms with van der Waals surface area (Å²) in [6, 6.07) is 21.8. The Kier molecular flexibility index (Phi) is 5.14. The Balaban J connectivity index is 1.37. The van der Waals surface area contributed by atoms with E-state index in [1.54, 1.807) is 0 Å². The maximum Gasteiger partial charge on any atom is 0.144 e. The van der Waals surface area contributed by atoms with Gasteiger partial charge < -0.3 is 15.6 Å². The quantitative estimate of drug-likeness (QED) is 0.250. The Bertz CT molecular complexity index is 1510. The van der Waals surface area contributed by atoms with Gasteiger partial charge in [-0.2, -0.15) is 0 Å². The fraction of sp³-hybridized carbons (Fsp3) is 0.233. The lowest BCUT2D eigenvalue weighted by molar-refractivity contribution is 0.491. The Labute approximate surface area is 206 Å². The van der Waals surface area contributed by atoms with Crippen molar-refractivity contribution in [1.29, 1.82) is 0 Å². The zero-order valence-corrected chi connectivity index (χ0v) is 20.5. The average molecular weight is 462 g/mol. The molecule has 0 spiro atoms. The molecule has 0 fully saturated rings. The molecule has 0 bridgehead atoms. The van der Waals surface area contributed by atoms with E-state index in [1.807, 2.05) is 18.6 Å². The number of rotatable bonds is 6. The van der Waals surface area contributed by atoms with Crippen LogP contribution in [0.3, 0.4) is 0 Å². The minimum absolute atomic E-state index is 0.224. The third-order valence-electron chi connectivity index (χ3n) is 7.14. The van der Waals surface area contributed by atoms with E-state index < -0.39 is 0 Å². The molecule has 6 rings (SSSR count). The lowest BCUT2D eigenvalue weighted by atomic mass is 9.93. The Morgan fingerprint density at radius 2 is 1.83 bits per heavy atom. The molecule has 2 aromatic heterocycles. The van der Waals surface area contributed by atoms with E-state index >= 15 is 0 Å². The topological polar surface area (TPSA) is 57.7 Å². The third kappa shape index (κ3) is 3.77. The molecule has 5 aromatic rings. The first-order chi connectivity index (χ1) is 17.0. The van der Waals surface area contributed by atoms with Gasteiger partial charge >= 0.3 is 0 Å². The molecular formula is C30H31N5. The normalized spacial score (nSPS) is 16.8. The van der Waals surface area contributed by atoms with Gasteiger partial charge in [-0.15, -0.1) is 0 Å². The predicted octanol–water partition coefficient (Wildman–Crippen LogP) is 7.21.